The van der Waals surface area contributed by atoms with Crippen LogP contribution in [0, 0.1) is 18.2 Å². The molecule has 486 valence electrons. The zero-order valence-electron chi connectivity index (χ0n) is 51.2. The van der Waals surface area contributed by atoms with Crippen LogP contribution in [-0.4, -0.2) is 34.5 Å². The number of halogens is 3. The Labute approximate surface area is 613 Å². The average molecular weight is 1890 g/mol. The molecule has 0 amide bonds. The van der Waals surface area contributed by atoms with Gasteiger partial charge >= 0.3 is 84.6 Å². The van der Waals surface area contributed by atoms with Gasteiger partial charge in [0.25, 0.3) is 0 Å². The zero-order chi connectivity index (χ0) is 67.4. The summed E-state index contributed by atoms with van der Waals surface area (Å²) in [6, 6.07) is 100. The molecule has 0 radical (unpaired) electrons. The standard InChI is InChI=1S/C27H20N3O.C26H17N2O2.C26H17N2OS.3ClH.3Pt/c1-30-25(22-15-13-21(14-16-22)20-8-3-2-4-9-20)19-29-27(30)23-10-7-11-24(18-23)31-26-12-5-6-17-28-26;2*1-2-7-19(8-3-1)20-12-14-21(15-13-20)24-18-28-26(30-24)22-9-6-10-23(17-22)29-25-11-4-5-16-27-25;;;;;;/h2-17,19H,1H3;2*1-16,18H;3*1H;;;/q3*-1;;;;3*+2/p-3. The third-order valence-corrected chi connectivity index (χ3v) is 15.5. The van der Waals surface area contributed by atoms with Gasteiger partial charge in [0.2, 0.25) is 17.6 Å². The number of ether oxygens (including phenoxy) is 3. The van der Waals surface area contributed by atoms with Crippen molar-refractivity contribution in [2.24, 2.45) is 7.05 Å². The molecule has 0 atom stereocenters. The van der Waals surface area contributed by atoms with Crippen LogP contribution in [0.15, 0.2) is 315 Å². The Morgan fingerprint density at radius 2 is 0.722 bits per heavy atom. The summed E-state index contributed by atoms with van der Waals surface area (Å²) in [5, 5.41) is 0.906. The van der Waals surface area contributed by atoms with E-state index in [-0.39, 0.29) is 0 Å². The van der Waals surface area contributed by atoms with Crippen molar-refractivity contribution in [3.05, 3.63) is 328 Å². The second-order valence-corrected chi connectivity index (χ2v) is 21.5. The molecule has 0 aliphatic heterocycles. The van der Waals surface area contributed by atoms with Gasteiger partial charge in [0.15, 0.2) is 0 Å². The van der Waals surface area contributed by atoms with Crippen LogP contribution in [0.25, 0.3) is 99.8 Å². The number of thiazole rings is 1. The van der Waals surface area contributed by atoms with Crippen molar-refractivity contribution in [3.8, 4) is 135 Å². The number of pyridine rings is 3. The zero-order valence-corrected chi connectivity index (χ0v) is 61.1. The second kappa shape index (κ2) is 37.4. The summed E-state index contributed by atoms with van der Waals surface area (Å²) >= 11 is 6.48. The number of hydrogen-bond acceptors (Lipinski definition) is 11. The smallest absolute Gasteiger partial charge is 0.217 e. The first-order valence-corrected chi connectivity index (χ1v) is 38.9. The molecule has 9 aromatic carbocycles. The first kappa shape index (κ1) is 70.6. The number of aromatic nitrogens is 7. The third-order valence-electron chi connectivity index (χ3n) is 14.4. The number of nitrogens with zero attached hydrogens (tertiary/aromatic N) is 7. The van der Waals surface area contributed by atoms with Crippen molar-refractivity contribution in [2.75, 3.05) is 0 Å². The van der Waals surface area contributed by atoms with Crippen LogP contribution < -0.4 is 14.2 Å². The van der Waals surface area contributed by atoms with Crippen molar-refractivity contribution >= 4 is 39.6 Å². The molecular weight excluding hydrogens is 1830 g/mol. The van der Waals surface area contributed by atoms with E-state index >= 15 is 0 Å². The quantitative estimate of drug-likeness (QED) is 0.0917. The molecule has 0 aliphatic carbocycles. The van der Waals surface area contributed by atoms with Crippen LogP contribution in [0.1, 0.15) is 0 Å². The molecule has 6 aromatic heterocycles. The number of oxazole rings is 1. The molecule has 0 fully saturated rings. The van der Waals surface area contributed by atoms with E-state index in [4.69, 9.17) is 18.6 Å². The monoisotopic (exact) mass is 1890 g/mol. The molecule has 18 heteroatoms. The van der Waals surface area contributed by atoms with Crippen LogP contribution in [0.4, 0.5) is 0 Å². The Bertz CT molecular complexity index is 4600. The van der Waals surface area contributed by atoms with E-state index in [2.05, 4.69) is 202 Å². The maximum atomic E-state index is 5.99. The van der Waals surface area contributed by atoms with Crippen LogP contribution in [0.2, 0.25) is 0 Å². The fraction of sp³-hybridized carbons (Fsp3) is 0.0127. The van der Waals surface area contributed by atoms with Gasteiger partial charge in [-0.15, -0.1) is 65.7 Å². The number of benzene rings is 9. The van der Waals surface area contributed by atoms with Gasteiger partial charge in [-0.2, -0.15) is 11.3 Å². The molecular formula is C79H54Cl3N7O4Pt3S. The minimum atomic E-state index is 0.489. The van der Waals surface area contributed by atoms with E-state index in [9.17, 15) is 0 Å². The largest absolute Gasteiger partial charge is 0.481 e. The molecule has 0 aliphatic rings. The van der Waals surface area contributed by atoms with Crippen molar-refractivity contribution in [1.82, 2.24) is 34.5 Å². The fourth-order valence-electron chi connectivity index (χ4n) is 9.83. The van der Waals surface area contributed by atoms with E-state index in [1.807, 2.05) is 165 Å². The van der Waals surface area contributed by atoms with Crippen LogP contribution in [-0.2, 0) is 63.4 Å². The summed E-state index contributed by atoms with van der Waals surface area (Å²) in [4.78, 5) is 27.4. The molecule has 15 aromatic rings. The second-order valence-electron chi connectivity index (χ2n) is 20.5. The van der Waals surface area contributed by atoms with Crippen molar-refractivity contribution in [2.45, 2.75) is 0 Å². The van der Waals surface area contributed by atoms with Crippen LogP contribution in [0.5, 0.6) is 34.9 Å². The summed E-state index contributed by atoms with van der Waals surface area (Å²) in [5.41, 5.74) is 13.9. The number of hydrogen-bond donors (Lipinski definition) is 0. The maximum absolute atomic E-state index is 5.99. The van der Waals surface area contributed by atoms with Gasteiger partial charge in [-0.3, -0.25) is 15.0 Å². The van der Waals surface area contributed by atoms with Crippen LogP contribution in [0.3, 0.4) is 0 Å². The number of rotatable bonds is 15. The molecule has 6 heterocycles. The Hall–Kier alpha value is -9.19. The molecule has 0 N–H and O–H groups in total. The average Bonchev–Trinajstić information content (AvgIpc) is 1.71. The van der Waals surface area contributed by atoms with E-state index in [0.717, 1.165) is 60.3 Å². The SMILES string of the molecule is Cn1c(-c2ccc(-c3ccccc3)cc2)cnc1-c1[c-]c(Oc2ccccn2)ccc1.[Cl][Pt+].[Cl][Pt+].[Cl][Pt+].[c-]1c(Oc2ccccn2)cccc1-c1ncc(-c2ccc(-c3ccccc3)cc2)o1.[c-]1c(Oc2ccccn2)cccc1-c1ncc(-c2ccc(-c3ccccc3)cc2)s1. The van der Waals surface area contributed by atoms with Gasteiger partial charge in [0, 0.05) is 88.9 Å². The van der Waals surface area contributed by atoms with Crippen molar-refractivity contribution in [1.29, 1.82) is 0 Å². The summed E-state index contributed by atoms with van der Waals surface area (Å²) in [5.74, 6) is 5.39. The molecule has 97 heavy (non-hydrogen) atoms. The minimum Gasteiger partial charge on any atom is -0.481 e. The van der Waals surface area contributed by atoms with Crippen molar-refractivity contribution in [3.63, 3.8) is 0 Å². The first-order valence-electron chi connectivity index (χ1n) is 29.6. The minimum absolute atomic E-state index is 0.489. The summed E-state index contributed by atoms with van der Waals surface area (Å²) in [6.45, 7) is 0. The molecule has 0 unspecified atom stereocenters. The Kier molecular flexibility index (Phi) is 27.2. The molecule has 11 nitrogen and oxygen atoms in total. The van der Waals surface area contributed by atoms with Gasteiger partial charge in [-0.25, -0.2) is 15.0 Å². The van der Waals surface area contributed by atoms with Crippen molar-refractivity contribution < 1.29 is 74.9 Å². The van der Waals surface area contributed by atoms with Gasteiger partial charge < -0.3 is 23.2 Å². The normalized spacial score (nSPS) is 10.2. The summed E-state index contributed by atoms with van der Waals surface area (Å²) in [6.07, 6.45) is 10.6. The first-order chi connectivity index (χ1) is 48.0. The maximum Gasteiger partial charge on any atom is 0.217 e. The van der Waals surface area contributed by atoms with Gasteiger partial charge in [0.1, 0.15) is 11.7 Å². The fourth-order valence-corrected chi connectivity index (χ4v) is 10.7. The molecule has 15 rings (SSSR count). The van der Waals surface area contributed by atoms with E-state index in [1.165, 1.54) is 27.8 Å². The summed E-state index contributed by atoms with van der Waals surface area (Å²) < 4.78 is 25.4. The van der Waals surface area contributed by atoms with Crippen LogP contribution >= 0.6 is 39.6 Å². The van der Waals surface area contributed by atoms with Gasteiger partial charge in [0.05, 0.1) is 17.7 Å². The molecule has 0 spiro atoms. The van der Waals surface area contributed by atoms with Gasteiger partial charge in [-0.1, -0.05) is 206 Å². The molecule has 0 saturated heterocycles. The van der Waals surface area contributed by atoms with E-state index < -0.39 is 0 Å². The summed E-state index contributed by atoms with van der Waals surface area (Å²) in [7, 11) is 15.9. The van der Waals surface area contributed by atoms with E-state index in [1.54, 1.807) is 98.5 Å². The Morgan fingerprint density at radius 3 is 1.18 bits per heavy atom. The molecule has 0 bridgehead atoms. The predicted molar refractivity (Wildman–Crippen MR) is 378 cm³/mol. The van der Waals surface area contributed by atoms with E-state index in [0.29, 0.717) is 46.5 Å². The number of imidazole rings is 1. The predicted octanol–water partition coefficient (Wildman–Crippen LogP) is 22.3. The Balaban J connectivity index is 0.000000152. The van der Waals surface area contributed by atoms with Gasteiger partial charge in [-0.05, 0) is 62.7 Å². The topological polar surface area (TPSA) is 123 Å². The Morgan fingerprint density at radius 1 is 0.340 bits per heavy atom. The third kappa shape index (κ3) is 19.8. The molecule has 0 saturated carbocycles.